The molecule has 3 heterocycles. The summed E-state index contributed by atoms with van der Waals surface area (Å²) in [4.78, 5) is 10.5. The molecule has 0 unspecified atom stereocenters. The van der Waals surface area contributed by atoms with E-state index >= 15 is 0 Å². The first kappa shape index (κ1) is 15.3. The van der Waals surface area contributed by atoms with Crippen molar-refractivity contribution in [3.05, 3.63) is 47.1 Å². The van der Waals surface area contributed by atoms with Crippen LogP contribution < -0.4 is 0 Å². The number of likely N-dealkylation sites (tertiary alicyclic amines) is 1. The number of nitrogens with zero attached hydrogens (tertiary/aromatic N) is 3. The average Bonchev–Trinajstić information content (AvgIpc) is 2.51. The Kier molecular flexibility index (Phi) is 4.66. The molecule has 6 heteroatoms. The lowest BCUT2D eigenvalue weighted by atomic mass is 10.1. The van der Waals surface area contributed by atoms with E-state index in [1.165, 1.54) is 12.3 Å². The SMILES string of the molecule is OC1CCN(Cc2ccc(-c3cnc(Cl)cc3F)nc2)CC1. The van der Waals surface area contributed by atoms with Crippen molar-refractivity contribution in [2.75, 3.05) is 13.1 Å². The fourth-order valence-corrected chi connectivity index (χ4v) is 2.75. The number of piperidine rings is 1. The van der Waals surface area contributed by atoms with Crippen LogP contribution in [0.4, 0.5) is 4.39 Å². The van der Waals surface area contributed by atoms with Crippen LogP contribution in [0.5, 0.6) is 0 Å². The van der Waals surface area contributed by atoms with Gasteiger partial charge in [0.1, 0.15) is 11.0 Å². The minimum atomic E-state index is -0.426. The molecule has 0 amide bonds. The lowest BCUT2D eigenvalue weighted by molar-refractivity contribution is 0.0792. The Morgan fingerprint density at radius 3 is 2.64 bits per heavy atom. The Balaban J connectivity index is 1.70. The molecule has 4 nitrogen and oxygen atoms in total. The predicted molar refractivity (Wildman–Crippen MR) is 83.0 cm³/mol. The van der Waals surface area contributed by atoms with Gasteiger partial charge in [0.05, 0.1) is 17.4 Å². The quantitative estimate of drug-likeness (QED) is 0.883. The standard InChI is InChI=1S/C16H17ClFN3O/c17-16-7-14(18)13(9-20-16)15-2-1-11(8-19-15)10-21-5-3-12(22)4-6-21/h1-2,7-9,12,22H,3-6,10H2. The first-order valence-corrected chi connectivity index (χ1v) is 7.66. The summed E-state index contributed by atoms with van der Waals surface area (Å²) in [6, 6.07) is 4.93. The second kappa shape index (κ2) is 6.69. The van der Waals surface area contributed by atoms with Gasteiger partial charge in [-0.25, -0.2) is 9.37 Å². The van der Waals surface area contributed by atoms with Crippen LogP contribution in [0.2, 0.25) is 5.15 Å². The number of rotatable bonds is 3. The lowest BCUT2D eigenvalue weighted by Gasteiger charge is -2.29. The van der Waals surface area contributed by atoms with E-state index < -0.39 is 5.82 Å². The van der Waals surface area contributed by atoms with Gasteiger partial charge in [0, 0.05) is 38.1 Å². The Labute approximate surface area is 133 Å². The molecule has 0 atom stereocenters. The summed E-state index contributed by atoms with van der Waals surface area (Å²) < 4.78 is 13.8. The van der Waals surface area contributed by atoms with Gasteiger partial charge >= 0.3 is 0 Å². The first-order chi connectivity index (χ1) is 10.6. The molecule has 3 rings (SSSR count). The van der Waals surface area contributed by atoms with Crippen LogP contribution in [0.3, 0.4) is 0 Å². The van der Waals surface area contributed by atoms with Gasteiger partial charge in [-0.15, -0.1) is 0 Å². The van der Waals surface area contributed by atoms with Gasteiger partial charge in [0.2, 0.25) is 0 Å². The van der Waals surface area contributed by atoms with Crippen LogP contribution in [-0.2, 0) is 6.54 Å². The Morgan fingerprint density at radius 2 is 2.00 bits per heavy atom. The third-order valence-corrected chi connectivity index (χ3v) is 4.09. The van der Waals surface area contributed by atoms with Gasteiger partial charge < -0.3 is 5.11 Å². The topological polar surface area (TPSA) is 49.2 Å². The molecule has 116 valence electrons. The Hall–Kier alpha value is -1.56. The molecule has 1 N–H and O–H groups in total. The van der Waals surface area contributed by atoms with Crippen LogP contribution in [-0.4, -0.2) is 39.2 Å². The fourth-order valence-electron chi connectivity index (χ4n) is 2.61. The highest BCUT2D eigenvalue weighted by Crippen LogP contribution is 2.22. The van der Waals surface area contributed by atoms with Crippen LogP contribution in [0.1, 0.15) is 18.4 Å². The van der Waals surface area contributed by atoms with Crippen molar-refractivity contribution in [1.82, 2.24) is 14.9 Å². The number of aliphatic hydroxyl groups is 1. The van der Waals surface area contributed by atoms with E-state index in [0.29, 0.717) is 11.3 Å². The van der Waals surface area contributed by atoms with Gasteiger partial charge in [-0.05, 0) is 24.5 Å². The maximum Gasteiger partial charge on any atom is 0.137 e. The zero-order valence-corrected chi connectivity index (χ0v) is 12.8. The van der Waals surface area contributed by atoms with Crippen LogP contribution >= 0.6 is 11.6 Å². The largest absolute Gasteiger partial charge is 0.393 e. The molecule has 2 aromatic heterocycles. The van der Waals surface area contributed by atoms with E-state index in [9.17, 15) is 9.50 Å². The molecule has 0 radical (unpaired) electrons. The minimum absolute atomic E-state index is 0.130. The van der Waals surface area contributed by atoms with Crippen molar-refractivity contribution in [3.8, 4) is 11.3 Å². The predicted octanol–water partition coefficient (Wildman–Crippen LogP) is 2.89. The molecule has 0 saturated carbocycles. The summed E-state index contributed by atoms with van der Waals surface area (Å²) in [5.74, 6) is -0.426. The molecule has 22 heavy (non-hydrogen) atoms. The molecule has 0 spiro atoms. The second-order valence-corrected chi connectivity index (χ2v) is 5.93. The van der Waals surface area contributed by atoms with Crippen molar-refractivity contribution in [2.45, 2.75) is 25.5 Å². The average molecular weight is 322 g/mol. The minimum Gasteiger partial charge on any atom is -0.393 e. The van der Waals surface area contributed by atoms with Crippen LogP contribution in [0, 0.1) is 5.82 Å². The summed E-state index contributed by atoms with van der Waals surface area (Å²) in [6.07, 6.45) is 4.61. The molecule has 0 aliphatic carbocycles. The normalized spacial score (nSPS) is 16.9. The number of aliphatic hydroxyl groups excluding tert-OH is 1. The maximum absolute atomic E-state index is 13.8. The van der Waals surface area contributed by atoms with E-state index in [4.69, 9.17) is 11.6 Å². The number of halogens is 2. The van der Waals surface area contributed by atoms with E-state index in [1.54, 1.807) is 12.3 Å². The number of hydrogen-bond acceptors (Lipinski definition) is 4. The Morgan fingerprint density at radius 1 is 1.23 bits per heavy atom. The van der Waals surface area contributed by atoms with Crippen LogP contribution in [0.25, 0.3) is 11.3 Å². The van der Waals surface area contributed by atoms with E-state index in [0.717, 1.165) is 38.0 Å². The molecule has 2 aromatic rings. The molecule has 1 aliphatic rings. The fraction of sp³-hybridized carbons (Fsp3) is 0.375. The number of pyridine rings is 2. The summed E-state index contributed by atoms with van der Waals surface area (Å²) in [5, 5.41) is 9.64. The first-order valence-electron chi connectivity index (χ1n) is 7.28. The van der Waals surface area contributed by atoms with Gasteiger partial charge in [0.25, 0.3) is 0 Å². The molecular formula is C16H17ClFN3O. The molecule has 1 fully saturated rings. The molecular weight excluding hydrogens is 305 g/mol. The van der Waals surface area contributed by atoms with E-state index in [2.05, 4.69) is 14.9 Å². The maximum atomic E-state index is 13.8. The molecule has 1 aliphatic heterocycles. The third-order valence-electron chi connectivity index (χ3n) is 3.88. The van der Waals surface area contributed by atoms with Gasteiger partial charge in [-0.3, -0.25) is 9.88 Å². The third kappa shape index (κ3) is 3.61. The molecule has 0 bridgehead atoms. The summed E-state index contributed by atoms with van der Waals surface area (Å²) in [5.41, 5.74) is 1.96. The van der Waals surface area contributed by atoms with Gasteiger partial charge in [-0.1, -0.05) is 17.7 Å². The summed E-state index contributed by atoms with van der Waals surface area (Å²) in [7, 11) is 0. The smallest absolute Gasteiger partial charge is 0.137 e. The zero-order valence-electron chi connectivity index (χ0n) is 12.0. The van der Waals surface area contributed by atoms with Crippen molar-refractivity contribution in [3.63, 3.8) is 0 Å². The van der Waals surface area contributed by atoms with Crippen molar-refractivity contribution >= 4 is 11.6 Å². The zero-order chi connectivity index (χ0) is 15.5. The van der Waals surface area contributed by atoms with Crippen LogP contribution in [0.15, 0.2) is 30.6 Å². The van der Waals surface area contributed by atoms with Crippen molar-refractivity contribution < 1.29 is 9.50 Å². The van der Waals surface area contributed by atoms with Crippen molar-refractivity contribution in [1.29, 1.82) is 0 Å². The Bertz CT molecular complexity index is 642. The monoisotopic (exact) mass is 321 g/mol. The second-order valence-electron chi connectivity index (χ2n) is 5.55. The number of aromatic nitrogens is 2. The summed E-state index contributed by atoms with van der Waals surface area (Å²) in [6.45, 7) is 2.57. The molecule has 0 aromatic carbocycles. The van der Waals surface area contributed by atoms with E-state index in [1.807, 2.05) is 6.07 Å². The highest BCUT2D eigenvalue weighted by atomic mass is 35.5. The van der Waals surface area contributed by atoms with Gasteiger partial charge in [0.15, 0.2) is 0 Å². The van der Waals surface area contributed by atoms with Gasteiger partial charge in [-0.2, -0.15) is 0 Å². The summed E-state index contributed by atoms with van der Waals surface area (Å²) >= 11 is 5.65. The highest BCUT2D eigenvalue weighted by molar-refractivity contribution is 6.29. The lowest BCUT2D eigenvalue weighted by Crippen LogP contribution is -2.35. The van der Waals surface area contributed by atoms with Crippen molar-refractivity contribution in [2.24, 2.45) is 0 Å². The number of hydrogen-bond donors (Lipinski definition) is 1. The molecule has 1 saturated heterocycles. The van der Waals surface area contributed by atoms with E-state index in [-0.39, 0.29) is 11.3 Å². The highest BCUT2D eigenvalue weighted by Gasteiger charge is 2.17.